The Morgan fingerprint density at radius 2 is 1.96 bits per heavy atom. The van der Waals surface area contributed by atoms with Crippen molar-refractivity contribution in [3.63, 3.8) is 0 Å². The molecular formula is C19H23N3OS. The van der Waals surface area contributed by atoms with Crippen LogP contribution in [-0.4, -0.2) is 40.4 Å². The van der Waals surface area contributed by atoms with Crippen molar-refractivity contribution in [1.82, 2.24) is 15.2 Å². The fourth-order valence-corrected chi connectivity index (χ4v) is 3.82. The molecule has 1 atom stereocenters. The normalized spacial score (nSPS) is 16.5. The average molecular weight is 341 g/mol. The van der Waals surface area contributed by atoms with Gasteiger partial charge in [0.2, 0.25) is 5.91 Å². The number of nitrogens with one attached hydrogen (secondary N) is 1. The van der Waals surface area contributed by atoms with Crippen LogP contribution in [0.1, 0.15) is 22.9 Å². The van der Waals surface area contributed by atoms with Crippen LogP contribution in [0, 0.1) is 6.92 Å². The zero-order valence-electron chi connectivity index (χ0n) is 13.9. The van der Waals surface area contributed by atoms with Gasteiger partial charge < -0.3 is 5.32 Å². The maximum atomic E-state index is 12.9. The first-order chi connectivity index (χ1) is 11.7. The van der Waals surface area contributed by atoms with Crippen LogP contribution in [0.3, 0.4) is 0 Å². The Morgan fingerprint density at radius 3 is 2.62 bits per heavy atom. The van der Waals surface area contributed by atoms with Crippen molar-refractivity contribution in [3.8, 4) is 0 Å². The molecule has 1 N–H and O–H groups in total. The van der Waals surface area contributed by atoms with Crippen LogP contribution < -0.4 is 5.32 Å². The highest BCUT2D eigenvalue weighted by Crippen LogP contribution is 2.24. The van der Waals surface area contributed by atoms with Crippen molar-refractivity contribution in [2.24, 2.45) is 0 Å². The molecule has 5 heteroatoms. The third-order valence-electron chi connectivity index (χ3n) is 4.21. The predicted octanol–water partition coefficient (Wildman–Crippen LogP) is 2.80. The van der Waals surface area contributed by atoms with Crippen LogP contribution in [-0.2, 0) is 11.3 Å². The van der Waals surface area contributed by atoms with E-state index in [2.05, 4.69) is 15.2 Å². The molecule has 1 aliphatic rings. The quantitative estimate of drug-likeness (QED) is 0.908. The third-order valence-corrected chi connectivity index (χ3v) is 5.16. The summed E-state index contributed by atoms with van der Waals surface area (Å²) in [5, 5.41) is 3.09. The molecule has 24 heavy (non-hydrogen) atoms. The van der Waals surface area contributed by atoms with Gasteiger partial charge in [-0.3, -0.25) is 14.7 Å². The minimum Gasteiger partial charge on any atom is -0.350 e. The van der Waals surface area contributed by atoms with Gasteiger partial charge in [-0.1, -0.05) is 36.4 Å². The minimum absolute atomic E-state index is 0.0636. The van der Waals surface area contributed by atoms with E-state index in [0.29, 0.717) is 6.54 Å². The van der Waals surface area contributed by atoms with Crippen LogP contribution in [0.2, 0.25) is 0 Å². The standard InChI is InChI=1S/C19H23N3OS/c1-15-7-8-16(13-20-15)14-21-19(23)18(17-5-3-2-4-6-17)22-9-11-24-12-10-22/h2-8,13,18H,9-12,14H2,1H3,(H,21,23)/t18-/m1/s1. The van der Waals surface area contributed by atoms with Gasteiger partial charge in [0.25, 0.3) is 0 Å². The Morgan fingerprint density at radius 1 is 1.21 bits per heavy atom. The first kappa shape index (κ1) is 17.0. The fourth-order valence-electron chi connectivity index (χ4n) is 2.89. The van der Waals surface area contributed by atoms with E-state index in [0.717, 1.165) is 41.4 Å². The molecule has 4 nitrogen and oxygen atoms in total. The lowest BCUT2D eigenvalue weighted by Gasteiger charge is -2.33. The molecule has 0 bridgehead atoms. The van der Waals surface area contributed by atoms with Crippen molar-refractivity contribution in [2.75, 3.05) is 24.6 Å². The largest absolute Gasteiger partial charge is 0.350 e. The molecule has 1 saturated heterocycles. The molecule has 1 aromatic heterocycles. The number of thioether (sulfide) groups is 1. The number of amides is 1. The van der Waals surface area contributed by atoms with E-state index in [-0.39, 0.29) is 11.9 Å². The summed E-state index contributed by atoms with van der Waals surface area (Å²) in [6.45, 7) is 4.37. The average Bonchev–Trinajstić information content (AvgIpc) is 2.63. The molecular weight excluding hydrogens is 318 g/mol. The first-order valence-electron chi connectivity index (χ1n) is 8.30. The second-order valence-electron chi connectivity index (χ2n) is 5.99. The Labute approximate surface area is 147 Å². The second kappa shape index (κ2) is 8.31. The SMILES string of the molecule is Cc1ccc(CNC(=O)[C@@H](c2ccccc2)N2CCSCC2)cn1. The number of carbonyl (C=O) groups is 1. The van der Waals surface area contributed by atoms with Gasteiger partial charge in [-0.05, 0) is 24.1 Å². The number of benzene rings is 1. The molecule has 1 fully saturated rings. The van der Waals surface area contributed by atoms with E-state index < -0.39 is 0 Å². The van der Waals surface area contributed by atoms with Crippen molar-refractivity contribution in [3.05, 3.63) is 65.5 Å². The van der Waals surface area contributed by atoms with Gasteiger partial charge in [0, 0.05) is 43.0 Å². The van der Waals surface area contributed by atoms with Gasteiger partial charge in [0.05, 0.1) is 0 Å². The van der Waals surface area contributed by atoms with E-state index in [9.17, 15) is 4.79 Å². The van der Waals surface area contributed by atoms with Crippen LogP contribution in [0.15, 0.2) is 48.7 Å². The van der Waals surface area contributed by atoms with Crippen LogP contribution in [0.5, 0.6) is 0 Å². The molecule has 2 aromatic rings. The number of pyridine rings is 1. The molecule has 0 radical (unpaired) electrons. The van der Waals surface area contributed by atoms with E-state index >= 15 is 0 Å². The zero-order valence-corrected chi connectivity index (χ0v) is 14.8. The number of hydrogen-bond donors (Lipinski definition) is 1. The molecule has 0 aliphatic carbocycles. The monoisotopic (exact) mass is 341 g/mol. The lowest BCUT2D eigenvalue weighted by molar-refractivity contribution is -0.126. The van der Waals surface area contributed by atoms with Crippen LogP contribution in [0.25, 0.3) is 0 Å². The highest BCUT2D eigenvalue weighted by atomic mass is 32.2. The summed E-state index contributed by atoms with van der Waals surface area (Å²) in [6.07, 6.45) is 1.82. The van der Waals surface area contributed by atoms with Crippen molar-refractivity contribution in [1.29, 1.82) is 0 Å². The second-order valence-corrected chi connectivity index (χ2v) is 7.21. The number of nitrogens with zero attached hydrogens (tertiary/aromatic N) is 2. The summed E-state index contributed by atoms with van der Waals surface area (Å²) in [4.78, 5) is 19.5. The topological polar surface area (TPSA) is 45.2 Å². The number of hydrogen-bond acceptors (Lipinski definition) is 4. The molecule has 2 heterocycles. The van der Waals surface area contributed by atoms with Gasteiger partial charge in [-0.2, -0.15) is 11.8 Å². The Kier molecular flexibility index (Phi) is 5.88. The summed E-state index contributed by atoms with van der Waals surface area (Å²) >= 11 is 1.95. The lowest BCUT2D eigenvalue weighted by Crippen LogP contribution is -2.44. The van der Waals surface area contributed by atoms with Gasteiger partial charge in [0.15, 0.2) is 0 Å². The van der Waals surface area contributed by atoms with E-state index in [4.69, 9.17) is 0 Å². The smallest absolute Gasteiger partial charge is 0.242 e. The lowest BCUT2D eigenvalue weighted by atomic mass is 10.0. The maximum absolute atomic E-state index is 12.9. The van der Waals surface area contributed by atoms with Gasteiger partial charge in [-0.25, -0.2) is 0 Å². The van der Waals surface area contributed by atoms with Crippen molar-refractivity contribution < 1.29 is 4.79 Å². The van der Waals surface area contributed by atoms with Crippen LogP contribution >= 0.6 is 11.8 Å². The summed E-state index contributed by atoms with van der Waals surface area (Å²) < 4.78 is 0. The Balaban J connectivity index is 1.72. The molecule has 1 aromatic carbocycles. The highest BCUT2D eigenvalue weighted by molar-refractivity contribution is 7.99. The molecule has 1 aliphatic heterocycles. The number of rotatable bonds is 5. The van der Waals surface area contributed by atoms with Crippen molar-refractivity contribution >= 4 is 17.7 Å². The highest BCUT2D eigenvalue weighted by Gasteiger charge is 2.28. The summed E-state index contributed by atoms with van der Waals surface area (Å²) in [5.41, 5.74) is 3.07. The molecule has 126 valence electrons. The summed E-state index contributed by atoms with van der Waals surface area (Å²) in [7, 11) is 0. The third kappa shape index (κ3) is 4.36. The fraction of sp³-hybridized carbons (Fsp3) is 0.368. The summed E-state index contributed by atoms with van der Waals surface area (Å²) in [5.74, 6) is 2.23. The van der Waals surface area contributed by atoms with Gasteiger partial charge in [-0.15, -0.1) is 0 Å². The van der Waals surface area contributed by atoms with E-state index in [1.807, 2.05) is 67.3 Å². The van der Waals surface area contributed by atoms with E-state index in [1.165, 1.54) is 0 Å². The van der Waals surface area contributed by atoms with E-state index in [1.54, 1.807) is 0 Å². The predicted molar refractivity (Wildman–Crippen MR) is 98.9 cm³/mol. The van der Waals surface area contributed by atoms with Gasteiger partial charge in [0.1, 0.15) is 6.04 Å². The first-order valence-corrected chi connectivity index (χ1v) is 9.45. The molecule has 0 spiro atoms. The van der Waals surface area contributed by atoms with Crippen LogP contribution in [0.4, 0.5) is 0 Å². The number of aryl methyl sites for hydroxylation is 1. The zero-order chi connectivity index (χ0) is 16.8. The molecule has 0 saturated carbocycles. The Bertz CT molecular complexity index is 654. The number of carbonyl (C=O) groups excluding carboxylic acids is 1. The Hall–Kier alpha value is -1.85. The molecule has 3 rings (SSSR count). The maximum Gasteiger partial charge on any atom is 0.242 e. The van der Waals surface area contributed by atoms with Crippen molar-refractivity contribution in [2.45, 2.75) is 19.5 Å². The van der Waals surface area contributed by atoms with Gasteiger partial charge >= 0.3 is 0 Å². The molecule has 0 unspecified atom stereocenters. The number of aromatic nitrogens is 1. The minimum atomic E-state index is -0.217. The summed E-state index contributed by atoms with van der Waals surface area (Å²) in [6, 6.07) is 13.8. The molecule has 1 amide bonds.